The Hall–Kier alpha value is -0.300. The van der Waals surface area contributed by atoms with E-state index in [0.29, 0.717) is 0 Å². The first-order valence-electron chi connectivity index (χ1n) is 1.70. The second-order valence-corrected chi connectivity index (χ2v) is 2.73. The second-order valence-electron chi connectivity index (χ2n) is 1.23. The predicted octanol–water partition coefficient (Wildman–Crippen LogP) is 0.0939. The SMILES string of the molecule is O=S(=O)([O-])C(F)(F)CF. The number of halogens is 3. The number of hydrogen-bond acceptors (Lipinski definition) is 3. The molecule has 9 heavy (non-hydrogen) atoms. The van der Waals surface area contributed by atoms with Crippen molar-refractivity contribution in [3.8, 4) is 0 Å². The van der Waals surface area contributed by atoms with Crippen molar-refractivity contribution in [2.75, 3.05) is 6.67 Å². The minimum atomic E-state index is -5.81. The molecule has 0 aromatic rings. The minimum absolute atomic E-state index is 2.47. The molecular formula is C2H2F3O3S-. The number of hydrogen-bond donors (Lipinski definition) is 0. The summed E-state index contributed by atoms with van der Waals surface area (Å²) in [5.41, 5.74) is 0. The molecule has 0 rings (SSSR count). The zero-order valence-corrected chi connectivity index (χ0v) is 4.79. The number of alkyl halides is 3. The molecular weight excluding hydrogens is 161 g/mol. The van der Waals surface area contributed by atoms with Crippen molar-refractivity contribution in [1.29, 1.82) is 0 Å². The summed E-state index contributed by atoms with van der Waals surface area (Å²) < 4.78 is 61.7. The van der Waals surface area contributed by atoms with E-state index < -0.39 is 22.0 Å². The Labute approximate surface area is 49.2 Å². The van der Waals surface area contributed by atoms with Gasteiger partial charge in [0.2, 0.25) is 0 Å². The first-order valence-corrected chi connectivity index (χ1v) is 3.11. The average Bonchev–Trinajstić information content (AvgIpc) is 1.64. The summed E-state index contributed by atoms with van der Waals surface area (Å²) in [5, 5.41) is -4.77. The van der Waals surface area contributed by atoms with E-state index >= 15 is 0 Å². The van der Waals surface area contributed by atoms with Crippen LogP contribution in [0.3, 0.4) is 0 Å². The molecule has 0 aliphatic heterocycles. The lowest BCUT2D eigenvalue weighted by molar-refractivity contribution is 0.0515. The molecule has 0 unspecified atom stereocenters. The van der Waals surface area contributed by atoms with Gasteiger partial charge >= 0.3 is 5.25 Å². The van der Waals surface area contributed by atoms with E-state index in [4.69, 9.17) is 0 Å². The highest BCUT2D eigenvalue weighted by Gasteiger charge is 2.37. The highest BCUT2D eigenvalue weighted by atomic mass is 32.2. The van der Waals surface area contributed by atoms with Gasteiger partial charge in [-0.15, -0.1) is 0 Å². The Morgan fingerprint density at radius 1 is 1.44 bits per heavy atom. The second kappa shape index (κ2) is 2.14. The van der Waals surface area contributed by atoms with E-state index in [1.807, 2.05) is 0 Å². The van der Waals surface area contributed by atoms with Crippen molar-refractivity contribution in [3.05, 3.63) is 0 Å². The van der Waals surface area contributed by atoms with E-state index in [2.05, 4.69) is 0 Å². The topological polar surface area (TPSA) is 57.2 Å². The molecule has 0 saturated carbocycles. The van der Waals surface area contributed by atoms with Crippen LogP contribution in [0.1, 0.15) is 0 Å². The van der Waals surface area contributed by atoms with Crippen molar-refractivity contribution >= 4 is 10.1 Å². The molecule has 0 saturated heterocycles. The minimum Gasteiger partial charge on any atom is -0.743 e. The van der Waals surface area contributed by atoms with E-state index in [9.17, 15) is 26.1 Å². The fourth-order valence-electron chi connectivity index (χ4n) is 0.0668. The summed E-state index contributed by atoms with van der Waals surface area (Å²) in [6.45, 7) is -2.47. The molecule has 3 nitrogen and oxygen atoms in total. The third-order valence-corrected chi connectivity index (χ3v) is 1.36. The van der Waals surface area contributed by atoms with Crippen LogP contribution in [0.25, 0.3) is 0 Å². The van der Waals surface area contributed by atoms with Crippen LogP contribution < -0.4 is 0 Å². The standard InChI is InChI=1S/C2H3F3O3S/c3-1-2(4,5)9(6,7)8/h1H2,(H,6,7,8)/p-1. The van der Waals surface area contributed by atoms with Gasteiger partial charge in [-0.3, -0.25) is 0 Å². The van der Waals surface area contributed by atoms with E-state index in [1.165, 1.54) is 0 Å². The van der Waals surface area contributed by atoms with Crippen molar-refractivity contribution in [1.82, 2.24) is 0 Å². The van der Waals surface area contributed by atoms with Gasteiger partial charge in [-0.1, -0.05) is 0 Å². The van der Waals surface area contributed by atoms with Crippen molar-refractivity contribution in [2.45, 2.75) is 5.25 Å². The Morgan fingerprint density at radius 2 is 1.78 bits per heavy atom. The Morgan fingerprint density at radius 3 is 1.78 bits per heavy atom. The quantitative estimate of drug-likeness (QED) is 0.542. The van der Waals surface area contributed by atoms with Gasteiger partial charge in [0.15, 0.2) is 16.8 Å². The van der Waals surface area contributed by atoms with Crippen molar-refractivity contribution < 1.29 is 26.1 Å². The number of rotatable bonds is 2. The maximum absolute atomic E-state index is 11.4. The Balaban J connectivity index is 4.56. The average molecular weight is 163 g/mol. The summed E-state index contributed by atoms with van der Waals surface area (Å²) in [6, 6.07) is 0. The fraction of sp³-hybridized carbons (Fsp3) is 1.00. The maximum Gasteiger partial charge on any atom is 0.362 e. The van der Waals surface area contributed by atoms with Gasteiger partial charge in [0.25, 0.3) is 0 Å². The molecule has 0 heterocycles. The predicted molar refractivity (Wildman–Crippen MR) is 20.6 cm³/mol. The van der Waals surface area contributed by atoms with Gasteiger partial charge in [0.05, 0.1) is 0 Å². The molecule has 0 aromatic carbocycles. The molecule has 0 aliphatic carbocycles. The molecule has 0 N–H and O–H groups in total. The molecule has 0 atom stereocenters. The molecule has 7 heteroatoms. The molecule has 0 amide bonds. The molecule has 0 spiro atoms. The maximum atomic E-state index is 11.4. The van der Waals surface area contributed by atoms with Crippen LogP contribution in [0.5, 0.6) is 0 Å². The third kappa shape index (κ3) is 1.83. The van der Waals surface area contributed by atoms with Crippen LogP contribution in [0.15, 0.2) is 0 Å². The van der Waals surface area contributed by atoms with Crippen LogP contribution in [-0.2, 0) is 10.1 Å². The summed E-state index contributed by atoms with van der Waals surface area (Å²) in [5.74, 6) is 0. The van der Waals surface area contributed by atoms with Crippen molar-refractivity contribution in [3.63, 3.8) is 0 Å². The fourth-order valence-corrected chi connectivity index (χ4v) is 0.200. The molecule has 0 bridgehead atoms. The van der Waals surface area contributed by atoms with Gasteiger partial charge in [-0.2, -0.15) is 8.78 Å². The lowest BCUT2D eigenvalue weighted by Crippen LogP contribution is -2.30. The zero-order valence-electron chi connectivity index (χ0n) is 3.97. The van der Waals surface area contributed by atoms with E-state index in [0.717, 1.165) is 0 Å². The summed E-state index contributed by atoms with van der Waals surface area (Å²) in [4.78, 5) is 0. The van der Waals surface area contributed by atoms with Crippen LogP contribution in [0.4, 0.5) is 13.2 Å². The Kier molecular flexibility index (Phi) is 2.07. The van der Waals surface area contributed by atoms with Gasteiger partial charge in [0.1, 0.15) is 0 Å². The molecule has 56 valence electrons. The van der Waals surface area contributed by atoms with Gasteiger partial charge < -0.3 is 4.55 Å². The molecule has 0 radical (unpaired) electrons. The Bertz CT molecular complexity index is 183. The summed E-state index contributed by atoms with van der Waals surface area (Å²) in [7, 11) is -5.81. The van der Waals surface area contributed by atoms with Crippen molar-refractivity contribution in [2.24, 2.45) is 0 Å². The normalized spacial score (nSPS) is 13.8. The lowest BCUT2D eigenvalue weighted by atomic mass is 10.8. The monoisotopic (exact) mass is 163 g/mol. The highest BCUT2D eigenvalue weighted by molar-refractivity contribution is 7.86. The van der Waals surface area contributed by atoms with Crippen LogP contribution in [0.2, 0.25) is 0 Å². The van der Waals surface area contributed by atoms with Gasteiger partial charge in [0, 0.05) is 0 Å². The lowest BCUT2D eigenvalue weighted by Gasteiger charge is -2.15. The largest absolute Gasteiger partial charge is 0.743 e. The first-order chi connectivity index (χ1) is 3.81. The smallest absolute Gasteiger partial charge is 0.362 e. The van der Waals surface area contributed by atoms with Crippen LogP contribution >= 0.6 is 0 Å². The van der Waals surface area contributed by atoms with Gasteiger partial charge in [-0.05, 0) is 0 Å². The molecule has 0 aromatic heterocycles. The summed E-state index contributed by atoms with van der Waals surface area (Å²) in [6.07, 6.45) is 0. The molecule has 0 fully saturated rings. The molecule has 0 aliphatic rings. The summed E-state index contributed by atoms with van der Waals surface area (Å²) >= 11 is 0. The van der Waals surface area contributed by atoms with E-state index in [1.54, 1.807) is 0 Å². The zero-order chi connectivity index (χ0) is 7.71. The van der Waals surface area contributed by atoms with E-state index in [-0.39, 0.29) is 0 Å². The highest BCUT2D eigenvalue weighted by Crippen LogP contribution is 2.19. The third-order valence-electron chi connectivity index (χ3n) is 0.521. The van der Waals surface area contributed by atoms with Crippen LogP contribution in [0, 0.1) is 0 Å². The first kappa shape index (κ1) is 8.70. The van der Waals surface area contributed by atoms with Gasteiger partial charge in [-0.25, -0.2) is 12.8 Å². The van der Waals surface area contributed by atoms with Crippen LogP contribution in [-0.4, -0.2) is 24.9 Å².